The second kappa shape index (κ2) is 7.12. The van der Waals surface area contributed by atoms with E-state index in [0.717, 1.165) is 6.42 Å². The van der Waals surface area contributed by atoms with Crippen molar-refractivity contribution >= 4 is 22.4 Å². The summed E-state index contributed by atoms with van der Waals surface area (Å²) in [5.74, 6) is 0.0335. The van der Waals surface area contributed by atoms with Crippen molar-refractivity contribution in [3.63, 3.8) is 0 Å². The van der Waals surface area contributed by atoms with Crippen LogP contribution in [0.5, 0.6) is 0 Å². The lowest BCUT2D eigenvalue weighted by Gasteiger charge is -2.31. The van der Waals surface area contributed by atoms with Gasteiger partial charge in [0.1, 0.15) is 0 Å². The van der Waals surface area contributed by atoms with Gasteiger partial charge in [0.15, 0.2) is 5.13 Å². The van der Waals surface area contributed by atoms with E-state index in [9.17, 15) is 4.79 Å². The number of hydrogen-bond acceptors (Lipinski definition) is 3. The monoisotopic (exact) mass is 374 g/mol. The molecule has 0 aliphatic heterocycles. The number of amides is 1. The molecule has 3 aromatic rings. The third-order valence-electron chi connectivity index (χ3n) is 5.40. The molecule has 0 radical (unpaired) electrons. The molecular weight excluding hydrogens is 352 g/mol. The molecule has 4 heteroatoms. The summed E-state index contributed by atoms with van der Waals surface area (Å²) in [4.78, 5) is 17.6. The number of carbonyl (C=O) groups excluding carboxylic acids is 1. The first-order valence-electron chi connectivity index (χ1n) is 9.10. The number of benzene rings is 2. The maximum atomic E-state index is 13.3. The second-order valence-electron chi connectivity index (χ2n) is 7.26. The fourth-order valence-corrected chi connectivity index (χ4v) is 4.66. The molecule has 1 aromatic heterocycles. The number of allylic oxidation sites excluding steroid dienone is 1. The molecular formula is C23H22N2OS. The van der Waals surface area contributed by atoms with Gasteiger partial charge in [-0.15, -0.1) is 17.9 Å². The van der Waals surface area contributed by atoms with Gasteiger partial charge in [-0.3, -0.25) is 4.79 Å². The van der Waals surface area contributed by atoms with Gasteiger partial charge in [-0.2, -0.15) is 0 Å². The molecule has 3 nitrogen and oxygen atoms in total. The van der Waals surface area contributed by atoms with Crippen LogP contribution in [0.15, 0.2) is 72.8 Å². The number of anilines is 1. The van der Waals surface area contributed by atoms with Crippen molar-refractivity contribution in [1.29, 1.82) is 0 Å². The Kier molecular flexibility index (Phi) is 4.66. The van der Waals surface area contributed by atoms with Gasteiger partial charge >= 0.3 is 0 Å². The fraction of sp³-hybridized carbons (Fsp3) is 0.217. The van der Waals surface area contributed by atoms with Gasteiger partial charge in [0, 0.05) is 17.5 Å². The smallest absolute Gasteiger partial charge is 0.233 e. The Morgan fingerprint density at radius 1 is 1.33 bits per heavy atom. The van der Waals surface area contributed by atoms with Gasteiger partial charge in [0.2, 0.25) is 5.91 Å². The zero-order valence-corrected chi connectivity index (χ0v) is 16.1. The average Bonchev–Trinajstić information content (AvgIpc) is 3.28. The van der Waals surface area contributed by atoms with Crippen LogP contribution in [0.4, 0.5) is 5.13 Å². The Balaban J connectivity index is 1.78. The summed E-state index contributed by atoms with van der Waals surface area (Å²) in [5, 5.41) is 5.55. The van der Waals surface area contributed by atoms with Gasteiger partial charge in [-0.25, -0.2) is 4.98 Å². The summed E-state index contributed by atoms with van der Waals surface area (Å²) in [6.07, 6.45) is 5.18. The number of nitrogens with one attached hydrogen (secondary N) is 1. The summed E-state index contributed by atoms with van der Waals surface area (Å²) >= 11 is 1.44. The van der Waals surface area contributed by atoms with Crippen LogP contribution in [0.25, 0.3) is 0 Å². The van der Waals surface area contributed by atoms with Crippen LogP contribution in [-0.4, -0.2) is 10.9 Å². The van der Waals surface area contributed by atoms with Crippen molar-refractivity contribution in [3.05, 3.63) is 95.0 Å². The van der Waals surface area contributed by atoms with Gasteiger partial charge in [-0.1, -0.05) is 54.6 Å². The summed E-state index contributed by atoms with van der Waals surface area (Å²) in [7, 11) is 0. The largest absolute Gasteiger partial charge is 0.301 e. The van der Waals surface area contributed by atoms with Crippen molar-refractivity contribution in [2.75, 3.05) is 5.32 Å². The van der Waals surface area contributed by atoms with E-state index in [-0.39, 0.29) is 11.8 Å². The topological polar surface area (TPSA) is 42.0 Å². The van der Waals surface area contributed by atoms with E-state index >= 15 is 0 Å². The van der Waals surface area contributed by atoms with E-state index in [0.29, 0.717) is 11.6 Å². The van der Waals surface area contributed by atoms with E-state index in [1.54, 1.807) is 6.20 Å². The van der Waals surface area contributed by atoms with Crippen LogP contribution in [-0.2, 0) is 17.6 Å². The molecule has 2 aromatic carbocycles. The number of hydrogen-bond donors (Lipinski definition) is 1. The first-order chi connectivity index (χ1) is 13.1. The van der Waals surface area contributed by atoms with Gasteiger partial charge in [0.25, 0.3) is 0 Å². The molecule has 0 spiro atoms. The quantitative estimate of drug-likeness (QED) is 0.623. The number of fused-ring (bicyclic) bond motifs is 1. The lowest BCUT2D eigenvalue weighted by molar-refractivity contribution is -0.125. The third kappa shape index (κ3) is 3.21. The zero-order chi connectivity index (χ0) is 18.9. The summed E-state index contributed by atoms with van der Waals surface area (Å²) in [5.41, 5.74) is 4.33. The molecule has 1 aliphatic carbocycles. The summed E-state index contributed by atoms with van der Waals surface area (Å²) < 4.78 is 0. The Labute approximate surface area is 163 Å². The highest BCUT2D eigenvalue weighted by atomic mass is 32.1. The van der Waals surface area contributed by atoms with Crippen molar-refractivity contribution in [2.24, 2.45) is 5.41 Å². The van der Waals surface area contributed by atoms with Crippen LogP contribution in [0.1, 0.15) is 35.1 Å². The molecule has 0 saturated heterocycles. The first-order valence-corrected chi connectivity index (χ1v) is 9.98. The number of rotatable bonds is 5. The molecule has 4 rings (SSSR count). The van der Waals surface area contributed by atoms with Gasteiger partial charge in [-0.05, 0) is 42.0 Å². The lowest BCUT2D eigenvalue weighted by Crippen LogP contribution is -2.37. The van der Waals surface area contributed by atoms with E-state index in [1.807, 2.05) is 29.7 Å². The van der Waals surface area contributed by atoms with E-state index in [4.69, 9.17) is 0 Å². The Morgan fingerprint density at radius 3 is 2.85 bits per heavy atom. The molecule has 1 N–H and O–H groups in total. The molecule has 0 bridgehead atoms. The van der Waals surface area contributed by atoms with Gasteiger partial charge < -0.3 is 5.32 Å². The third-order valence-corrected chi connectivity index (χ3v) is 6.09. The Morgan fingerprint density at radius 2 is 2.15 bits per heavy atom. The number of carbonyl (C=O) groups is 1. The van der Waals surface area contributed by atoms with Crippen LogP contribution in [0.3, 0.4) is 0 Å². The minimum absolute atomic E-state index is 0.0124. The van der Waals surface area contributed by atoms with Gasteiger partial charge in [0.05, 0.1) is 5.41 Å². The summed E-state index contributed by atoms with van der Waals surface area (Å²) in [6.45, 7) is 5.93. The lowest BCUT2D eigenvalue weighted by atomic mass is 9.73. The molecule has 2 atom stereocenters. The summed E-state index contributed by atoms with van der Waals surface area (Å²) in [6, 6.07) is 16.9. The van der Waals surface area contributed by atoms with E-state index < -0.39 is 5.41 Å². The Hall–Kier alpha value is -2.72. The normalized spacial score (nSPS) is 20.9. The Bertz CT molecular complexity index is 965. The molecule has 1 amide bonds. The molecule has 136 valence electrons. The van der Waals surface area contributed by atoms with Crippen LogP contribution in [0, 0.1) is 5.41 Å². The SMILES string of the molecule is C=CCc1ccc2c(c1)[C@H](c1ccccc1)[C@](C)(C(=O)Nc1nccs1)C2. The van der Waals surface area contributed by atoms with Crippen molar-refractivity contribution in [2.45, 2.75) is 25.7 Å². The number of thiazole rings is 1. The zero-order valence-electron chi connectivity index (χ0n) is 15.3. The average molecular weight is 375 g/mol. The predicted molar refractivity (Wildman–Crippen MR) is 111 cm³/mol. The van der Waals surface area contributed by atoms with E-state index in [2.05, 4.69) is 54.1 Å². The molecule has 27 heavy (non-hydrogen) atoms. The number of nitrogens with zero attached hydrogens (tertiary/aromatic N) is 1. The standard InChI is InChI=1S/C23H22N2OS/c1-3-7-16-10-11-18-15-23(2,21(26)25-22-24-12-13-27-22)20(19(18)14-16)17-8-5-4-6-9-17/h3-6,8-14,20H,1,7,15H2,2H3,(H,24,25,26)/t20-,23+/m0/s1. The minimum Gasteiger partial charge on any atom is -0.301 e. The fourth-order valence-electron chi connectivity index (χ4n) is 4.14. The van der Waals surface area contributed by atoms with Crippen molar-refractivity contribution < 1.29 is 4.79 Å². The highest BCUT2D eigenvalue weighted by molar-refractivity contribution is 7.13. The first kappa shape index (κ1) is 17.7. The number of aromatic nitrogens is 1. The van der Waals surface area contributed by atoms with Crippen molar-refractivity contribution in [3.8, 4) is 0 Å². The molecule has 1 aliphatic rings. The molecule has 0 unspecified atom stereocenters. The maximum Gasteiger partial charge on any atom is 0.233 e. The maximum absolute atomic E-state index is 13.3. The minimum atomic E-state index is -0.567. The molecule has 0 saturated carbocycles. The molecule has 0 fully saturated rings. The molecule has 1 heterocycles. The highest BCUT2D eigenvalue weighted by Crippen LogP contribution is 2.51. The highest BCUT2D eigenvalue weighted by Gasteiger charge is 2.48. The van der Waals surface area contributed by atoms with Crippen LogP contribution < -0.4 is 5.32 Å². The second-order valence-corrected chi connectivity index (χ2v) is 8.15. The predicted octanol–water partition coefficient (Wildman–Crippen LogP) is 5.20. The van der Waals surface area contributed by atoms with E-state index in [1.165, 1.54) is 33.6 Å². The van der Waals surface area contributed by atoms with Crippen LogP contribution in [0.2, 0.25) is 0 Å². The van der Waals surface area contributed by atoms with Crippen molar-refractivity contribution in [1.82, 2.24) is 4.98 Å². The van der Waals surface area contributed by atoms with Crippen LogP contribution >= 0.6 is 11.3 Å².